The SMILES string of the molecule is O=C(c1noc2c1CCCC2)N1CCC(OCc2ccccc2)CC1. The van der Waals surface area contributed by atoms with Crippen LogP contribution < -0.4 is 0 Å². The summed E-state index contributed by atoms with van der Waals surface area (Å²) in [5.41, 5.74) is 2.77. The molecule has 1 aliphatic heterocycles. The van der Waals surface area contributed by atoms with Crippen LogP contribution in [0.5, 0.6) is 0 Å². The molecule has 0 saturated carbocycles. The molecule has 2 heterocycles. The number of carbonyl (C=O) groups is 1. The van der Waals surface area contributed by atoms with E-state index in [1.807, 2.05) is 23.1 Å². The van der Waals surface area contributed by atoms with Gasteiger partial charge in [-0.15, -0.1) is 0 Å². The van der Waals surface area contributed by atoms with Crippen LogP contribution in [0.3, 0.4) is 0 Å². The molecule has 1 aliphatic carbocycles. The van der Waals surface area contributed by atoms with E-state index in [9.17, 15) is 4.79 Å². The van der Waals surface area contributed by atoms with E-state index in [1.165, 1.54) is 5.56 Å². The Morgan fingerprint density at radius 1 is 1.16 bits per heavy atom. The first-order chi connectivity index (χ1) is 12.3. The van der Waals surface area contributed by atoms with Gasteiger partial charge < -0.3 is 14.2 Å². The third-order valence-corrected chi connectivity index (χ3v) is 5.21. The minimum atomic E-state index is 0.0217. The van der Waals surface area contributed by atoms with Crippen molar-refractivity contribution < 1.29 is 14.1 Å². The first-order valence-corrected chi connectivity index (χ1v) is 9.23. The lowest BCUT2D eigenvalue weighted by molar-refractivity contribution is -0.000604. The Labute approximate surface area is 147 Å². The summed E-state index contributed by atoms with van der Waals surface area (Å²) in [7, 11) is 0. The van der Waals surface area contributed by atoms with Gasteiger partial charge in [0.25, 0.3) is 5.91 Å². The summed E-state index contributed by atoms with van der Waals surface area (Å²) >= 11 is 0. The van der Waals surface area contributed by atoms with Crippen LogP contribution in [-0.4, -0.2) is 35.2 Å². The molecule has 1 aromatic heterocycles. The van der Waals surface area contributed by atoms with Crippen molar-refractivity contribution in [1.29, 1.82) is 0 Å². The molecule has 0 unspecified atom stereocenters. The Morgan fingerprint density at radius 2 is 1.92 bits per heavy atom. The van der Waals surface area contributed by atoms with Gasteiger partial charge in [0, 0.05) is 25.1 Å². The Balaban J connectivity index is 1.31. The monoisotopic (exact) mass is 340 g/mol. The van der Waals surface area contributed by atoms with Crippen molar-refractivity contribution in [3.8, 4) is 0 Å². The summed E-state index contributed by atoms with van der Waals surface area (Å²) in [6.45, 7) is 2.08. The van der Waals surface area contributed by atoms with Crippen molar-refractivity contribution in [2.75, 3.05) is 13.1 Å². The van der Waals surface area contributed by atoms with Gasteiger partial charge in [-0.2, -0.15) is 0 Å². The molecule has 1 saturated heterocycles. The maximum Gasteiger partial charge on any atom is 0.276 e. The second-order valence-electron chi connectivity index (χ2n) is 6.93. The molecule has 2 aromatic rings. The van der Waals surface area contributed by atoms with E-state index >= 15 is 0 Å². The van der Waals surface area contributed by atoms with Gasteiger partial charge in [-0.05, 0) is 37.7 Å². The van der Waals surface area contributed by atoms with E-state index in [1.54, 1.807) is 0 Å². The molecule has 0 spiro atoms. The molecule has 25 heavy (non-hydrogen) atoms. The molecule has 0 bridgehead atoms. The van der Waals surface area contributed by atoms with E-state index in [4.69, 9.17) is 9.26 Å². The molecule has 5 nitrogen and oxygen atoms in total. The lowest BCUT2D eigenvalue weighted by Crippen LogP contribution is -2.41. The van der Waals surface area contributed by atoms with E-state index < -0.39 is 0 Å². The van der Waals surface area contributed by atoms with Gasteiger partial charge in [0.2, 0.25) is 0 Å². The Kier molecular flexibility index (Phi) is 4.83. The van der Waals surface area contributed by atoms with E-state index in [0.29, 0.717) is 12.3 Å². The van der Waals surface area contributed by atoms with Crippen LogP contribution >= 0.6 is 0 Å². The lowest BCUT2D eigenvalue weighted by atomic mass is 9.96. The zero-order valence-corrected chi connectivity index (χ0v) is 14.4. The Hall–Kier alpha value is -2.14. The molecule has 1 aromatic carbocycles. The third-order valence-electron chi connectivity index (χ3n) is 5.21. The summed E-state index contributed by atoms with van der Waals surface area (Å²) in [6, 6.07) is 10.2. The number of nitrogens with zero attached hydrogens (tertiary/aromatic N) is 2. The number of aromatic nitrogens is 1. The normalized spacial score (nSPS) is 18.2. The predicted molar refractivity (Wildman–Crippen MR) is 93.3 cm³/mol. The van der Waals surface area contributed by atoms with Crippen LogP contribution in [0.25, 0.3) is 0 Å². The number of hydrogen-bond donors (Lipinski definition) is 0. The van der Waals surface area contributed by atoms with Crippen molar-refractivity contribution in [2.24, 2.45) is 0 Å². The minimum absolute atomic E-state index is 0.0217. The Bertz CT molecular complexity index is 718. The Morgan fingerprint density at radius 3 is 2.72 bits per heavy atom. The highest BCUT2D eigenvalue weighted by atomic mass is 16.5. The number of hydrogen-bond acceptors (Lipinski definition) is 4. The number of fused-ring (bicyclic) bond motifs is 1. The predicted octanol–water partition coefficient (Wildman–Crippen LogP) is 3.37. The molecule has 4 rings (SSSR count). The van der Waals surface area contributed by atoms with Crippen molar-refractivity contribution in [2.45, 2.75) is 51.2 Å². The summed E-state index contributed by atoms with van der Waals surface area (Å²) in [5, 5.41) is 4.07. The molecule has 0 atom stereocenters. The van der Waals surface area contributed by atoms with Crippen LogP contribution in [0, 0.1) is 0 Å². The number of aryl methyl sites for hydroxylation is 1. The lowest BCUT2D eigenvalue weighted by Gasteiger charge is -2.31. The number of piperidine rings is 1. The van der Waals surface area contributed by atoms with Crippen molar-refractivity contribution >= 4 is 5.91 Å². The average molecular weight is 340 g/mol. The van der Waals surface area contributed by atoms with Gasteiger partial charge in [0.1, 0.15) is 5.76 Å². The number of ether oxygens (including phenoxy) is 1. The molecule has 0 radical (unpaired) electrons. The molecular weight excluding hydrogens is 316 g/mol. The van der Waals surface area contributed by atoms with E-state index in [0.717, 1.165) is 62.9 Å². The zero-order valence-electron chi connectivity index (χ0n) is 14.4. The van der Waals surface area contributed by atoms with Gasteiger partial charge in [0.05, 0.1) is 12.7 Å². The highest BCUT2D eigenvalue weighted by Gasteiger charge is 2.30. The summed E-state index contributed by atoms with van der Waals surface area (Å²) in [6.07, 6.45) is 6.03. The minimum Gasteiger partial charge on any atom is -0.373 e. The first kappa shape index (κ1) is 16.3. The summed E-state index contributed by atoms with van der Waals surface area (Å²) in [4.78, 5) is 14.7. The highest BCUT2D eigenvalue weighted by Crippen LogP contribution is 2.26. The van der Waals surface area contributed by atoms with E-state index in [2.05, 4.69) is 17.3 Å². The van der Waals surface area contributed by atoms with Crippen molar-refractivity contribution in [3.05, 3.63) is 52.9 Å². The number of likely N-dealkylation sites (tertiary alicyclic amines) is 1. The molecule has 2 aliphatic rings. The zero-order chi connectivity index (χ0) is 17.1. The molecule has 5 heteroatoms. The molecule has 1 fully saturated rings. The van der Waals surface area contributed by atoms with Crippen LogP contribution in [0.15, 0.2) is 34.9 Å². The van der Waals surface area contributed by atoms with Gasteiger partial charge in [-0.3, -0.25) is 4.79 Å². The highest BCUT2D eigenvalue weighted by molar-refractivity contribution is 5.94. The second-order valence-corrected chi connectivity index (χ2v) is 6.93. The molecule has 132 valence electrons. The average Bonchev–Trinajstić information content (AvgIpc) is 3.11. The first-order valence-electron chi connectivity index (χ1n) is 9.23. The number of amides is 1. The van der Waals surface area contributed by atoms with Crippen LogP contribution in [0.4, 0.5) is 0 Å². The largest absolute Gasteiger partial charge is 0.373 e. The smallest absolute Gasteiger partial charge is 0.276 e. The fraction of sp³-hybridized carbons (Fsp3) is 0.500. The maximum atomic E-state index is 12.8. The van der Waals surface area contributed by atoms with Gasteiger partial charge in [-0.1, -0.05) is 35.5 Å². The quantitative estimate of drug-likeness (QED) is 0.856. The van der Waals surface area contributed by atoms with Gasteiger partial charge in [-0.25, -0.2) is 0 Å². The topological polar surface area (TPSA) is 55.6 Å². The fourth-order valence-corrected chi connectivity index (χ4v) is 3.72. The second kappa shape index (κ2) is 7.40. The van der Waals surface area contributed by atoms with Gasteiger partial charge in [0.15, 0.2) is 5.69 Å². The summed E-state index contributed by atoms with van der Waals surface area (Å²) < 4.78 is 11.4. The van der Waals surface area contributed by atoms with Crippen molar-refractivity contribution in [3.63, 3.8) is 0 Å². The number of rotatable bonds is 4. The van der Waals surface area contributed by atoms with Crippen molar-refractivity contribution in [1.82, 2.24) is 10.1 Å². The van der Waals surface area contributed by atoms with Gasteiger partial charge >= 0.3 is 0 Å². The maximum absolute atomic E-state index is 12.8. The third kappa shape index (κ3) is 3.61. The van der Waals surface area contributed by atoms with Crippen LogP contribution in [0.1, 0.15) is 53.1 Å². The molecular formula is C20H24N2O3. The standard InChI is InChI=1S/C20H24N2O3/c23-20(19-17-8-4-5-9-18(17)25-21-19)22-12-10-16(11-13-22)24-14-15-6-2-1-3-7-15/h1-3,6-7,16H,4-5,8-14H2. The van der Waals surface area contributed by atoms with E-state index in [-0.39, 0.29) is 12.0 Å². The molecule has 1 amide bonds. The van der Waals surface area contributed by atoms with Crippen LogP contribution in [-0.2, 0) is 24.2 Å². The number of carbonyl (C=O) groups excluding carboxylic acids is 1. The number of benzene rings is 1. The van der Waals surface area contributed by atoms with Crippen LogP contribution in [0.2, 0.25) is 0 Å². The molecule has 0 N–H and O–H groups in total. The fourth-order valence-electron chi connectivity index (χ4n) is 3.72. The summed E-state index contributed by atoms with van der Waals surface area (Å²) in [5.74, 6) is 0.934.